The summed E-state index contributed by atoms with van der Waals surface area (Å²) in [7, 11) is 0. The summed E-state index contributed by atoms with van der Waals surface area (Å²) < 4.78 is 0. The van der Waals surface area contributed by atoms with Gasteiger partial charge in [0.1, 0.15) is 0 Å². The molecule has 0 spiro atoms. The van der Waals surface area contributed by atoms with Gasteiger partial charge in [-0.05, 0) is 31.0 Å². The van der Waals surface area contributed by atoms with Crippen LogP contribution in [-0.2, 0) is 0 Å². The molecule has 0 aliphatic carbocycles. The van der Waals surface area contributed by atoms with Crippen molar-refractivity contribution in [3.63, 3.8) is 0 Å². The van der Waals surface area contributed by atoms with E-state index in [-0.39, 0.29) is 16.0 Å². The number of anilines is 1. The van der Waals surface area contributed by atoms with Crippen LogP contribution in [0.5, 0.6) is 0 Å². The number of benzene rings is 1. The number of rotatable bonds is 6. The number of nitrogens with two attached hydrogens (primary N) is 1. The quantitative estimate of drug-likeness (QED) is 0.622. The van der Waals surface area contributed by atoms with Gasteiger partial charge in [-0.15, -0.1) is 0 Å². The topological polar surface area (TPSA) is 72.4 Å². The predicted octanol–water partition coefficient (Wildman–Crippen LogP) is 2.41. The molecule has 100 valence electrons. The molecule has 5 nitrogen and oxygen atoms in total. The van der Waals surface area contributed by atoms with Gasteiger partial charge in [0.15, 0.2) is 0 Å². The molecule has 0 aromatic heterocycles. The Labute approximate surface area is 108 Å². The molecule has 0 atom stereocenters. The van der Waals surface area contributed by atoms with Crippen LogP contribution in [-0.4, -0.2) is 24.6 Å². The third-order valence-corrected chi connectivity index (χ3v) is 2.98. The zero-order chi connectivity index (χ0) is 13.8. The van der Waals surface area contributed by atoms with Crippen LogP contribution < -0.4 is 10.6 Å². The van der Waals surface area contributed by atoms with E-state index < -0.39 is 0 Å². The van der Waals surface area contributed by atoms with Crippen LogP contribution in [0.3, 0.4) is 0 Å². The smallest absolute Gasteiger partial charge is 0.269 e. The Morgan fingerprint density at radius 1 is 1.33 bits per heavy atom. The number of hydrogen-bond donors (Lipinski definition) is 1. The van der Waals surface area contributed by atoms with E-state index in [1.807, 2.05) is 0 Å². The Balaban J connectivity index is 2.86. The summed E-state index contributed by atoms with van der Waals surface area (Å²) in [6.07, 6.45) is 0. The minimum atomic E-state index is -0.385. The summed E-state index contributed by atoms with van der Waals surface area (Å²) >= 11 is 0. The number of nitrogens with zero attached hydrogens (tertiary/aromatic N) is 2. The summed E-state index contributed by atoms with van der Waals surface area (Å²) in [4.78, 5) is 12.4. The highest BCUT2D eigenvalue weighted by atomic mass is 16.6. The van der Waals surface area contributed by atoms with Crippen LogP contribution in [0.4, 0.5) is 11.4 Å². The van der Waals surface area contributed by atoms with Gasteiger partial charge in [0, 0.05) is 30.9 Å². The van der Waals surface area contributed by atoms with Crippen LogP contribution in [0.1, 0.15) is 20.8 Å². The Morgan fingerprint density at radius 3 is 2.28 bits per heavy atom. The Bertz CT molecular complexity index is 401. The molecule has 0 saturated heterocycles. The van der Waals surface area contributed by atoms with Gasteiger partial charge in [0.25, 0.3) is 5.69 Å². The van der Waals surface area contributed by atoms with Crippen molar-refractivity contribution in [2.24, 2.45) is 11.1 Å². The van der Waals surface area contributed by atoms with E-state index in [4.69, 9.17) is 5.73 Å². The van der Waals surface area contributed by atoms with Crippen LogP contribution in [0.2, 0.25) is 0 Å². The molecule has 1 rings (SSSR count). The maximum Gasteiger partial charge on any atom is 0.269 e. The molecule has 0 aliphatic rings. The molecule has 0 radical (unpaired) electrons. The van der Waals surface area contributed by atoms with E-state index in [1.54, 1.807) is 12.1 Å². The highest BCUT2D eigenvalue weighted by molar-refractivity contribution is 5.50. The van der Waals surface area contributed by atoms with Crippen LogP contribution in [0.15, 0.2) is 24.3 Å². The van der Waals surface area contributed by atoms with Gasteiger partial charge in [-0.1, -0.05) is 13.8 Å². The van der Waals surface area contributed by atoms with Crippen molar-refractivity contribution in [1.82, 2.24) is 0 Å². The maximum atomic E-state index is 10.6. The molecule has 0 unspecified atom stereocenters. The fourth-order valence-corrected chi connectivity index (χ4v) is 1.75. The van der Waals surface area contributed by atoms with Crippen LogP contribution in [0, 0.1) is 15.5 Å². The first-order chi connectivity index (χ1) is 8.39. The predicted molar refractivity (Wildman–Crippen MR) is 73.8 cm³/mol. The molecule has 1 aromatic carbocycles. The van der Waals surface area contributed by atoms with E-state index in [9.17, 15) is 10.1 Å². The first kappa shape index (κ1) is 14.4. The molecule has 2 N–H and O–H groups in total. The molecule has 18 heavy (non-hydrogen) atoms. The largest absolute Gasteiger partial charge is 0.371 e. The van der Waals surface area contributed by atoms with Crippen molar-refractivity contribution in [3.05, 3.63) is 34.4 Å². The van der Waals surface area contributed by atoms with E-state index >= 15 is 0 Å². The minimum absolute atomic E-state index is 0.0256. The van der Waals surface area contributed by atoms with Crippen molar-refractivity contribution in [1.29, 1.82) is 0 Å². The summed E-state index contributed by atoms with van der Waals surface area (Å²) in [5, 5.41) is 10.6. The monoisotopic (exact) mass is 251 g/mol. The fraction of sp³-hybridized carbons (Fsp3) is 0.538. The van der Waals surface area contributed by atoms with E-state index in [1.165, 1.54) is 12.1 Å². The van der Waals surface area contributed by atoms with Gasteiger partial charge in [-0.3, -0.25) is 10.1 Å². The standard InChI is InChI=1S/C13H21N3O2/c1-4-15(10-13(2,3)9-14)11-5-7-12(8-6-11)16(17)18/h5-8H,4,9-10,14H2,1-3H3. The first-order valence-electron chi connectivity index (χ1n) is 6.09. The summed E-state index contributed by atoms with van der Waals surface area (Å²) in [6, 6.07) is 6.64. The molecule has 0 fully saturated rings. The van der Waals surface area contributed by atoms with Crippen molar-refractivity contribution in [2.45, 2.75) is 20.8 Å². The average Bonchev–Trinajstić information content (AvgIpc) is 2.36. The van der Waals surface area contributed by atoms with Gasteiger partial charge in [-0.25, -0.2) is 0 Å². The van der Waals surface area contributed by atoms with E-state index in [0.29, 0.717) is 6.54 Å². The molecule has 0 heterocycles. The summed E-state index contributed by atoms with van der Waals surface area (Å²) in [6.45, 7) is 8.58. The number of hydrogen-bond acceptors (Lipinski definition) is 4. The number of non-ortho nitro benzene ring substituents is 1. The Morgan fingerprint density at radius 2 is 1.89 bits per heavy atom. The van der Waals surface area contributed by atoms with Crippen molar-refractivity contribution >= 4 is 11.4 Å². The first-order valence-corrected chi connectivity index (χ1v) is 6.09. The number of nitro groups is 1. The Hall–Kier alpha value is -1.62. The SMILES string of the molecule is CCN(CC(C)(C)CN)c1ccc([N+](=O)[O-])cc1. The zero-order valence-electron chi connectivity index (χ0n) is 11.2. The van der Waals surface area contributed by atoms with Crippen molar-refractivity contribution < 1.29 is 4.92 Å². The Kier molecular flexibility index (Phi) is 4.67. The minimum Gasteiger partial charge on any atom is -0.371 e. The van der Waals surface area contributed by atoms with Gasteiger partial charge < -0.3 is 10.6 Å². The molecule has 0 aliphatic heterocycles. The maximum absolute atomic E-state index is 10.6. The lowest BCUT2D eigenvalue weighted by atomic mass is 9.93. The van der Waals surface area contributed by atoms with Crippen molar-refractivity contribution in [2.75, 3.05) is 24.5 Å². The van der Waals surface area contributed by atoms with Crippen LogP contribution >= 0.6 is 0 Å². The second-order valence-electron chi connectivity index (χ2n) is 5.16. The fourth-order valence-electron chi connectivity index (χ4n) is 1.75. The molecule has 1 aromatic rings. The normalized spacial score (nSPS) is 11.3. The average molecular weight is 251 g/mol. The second kappa shape index (κ2) is 5.82. The highest BCUT2D eigenvalue weighted by Crippen LogP contribution is 2.23. The highest BCUT2D eigenvalue weighted by Gasteiger charge is 2.20. The molecule has 0 amide bonds. The summed E-state index contributed by atoms with van der Waals surface area (Å²) in [5.41, 5.74) is 6.87. The molecule has 5 heteroatoms. The van der Waals surface area contributed by atoms with Crippen LogP contribution in [0.25, 0.3) is 0 Å². The third kappa shape index (κ3) is 3.70. The van der Waals surface area contributed by atoms with E-state index in [2.05, 4.69) is 25.7 Å². The molecule has 0 saturated carbocycles. The molecular weight excluding hydrogens is 230 g/mol. The van der Waals surface area contributed by atoms with Crippen molar-refractivity contribution in [3.8, 4) is 0 Å². The van der Waals surface area contributed by atoms with Gasteiger partial charge in [0.2, 0.25) is 0 Å². The van der Waals surface area contributed by atoms with E-state index in [0.717, 1.165) is 18.8 Å². The lowest BCUT2D eigenvalue weighted by Crippen LogP contribution is -2.38. The van der Waals surface area contributed by atoms with Gasteiger partial charge in [0.05, 0.1) is 4.92 Å². The zero-order valence-corrected chi connectivity index (χ0v) is 11.2. The van der Waals surface area contributed by atoms with Gasteiger partial charge in [-0.2, -0.15) is 0 Å². The summed E-state index contributed by atoms with van der Waals surface area (Å²) in [5.74, 6) is 0. The third-order valence-electron chi connectivity index (χ3n) is 2.98. The molecule has 0 bridgehead atoms. The molecular formula is C13H21N3O2. The number of nitro benzene ring substituents is 1. The van der Waals surface area contributed by atoms with Gasteiger partial charge >= 0.3 is 0 Å². The lowest BCUT2D eigenvalue weighted by Gasteiger charge is -2.32. The second-order valence-corrected chi connectivity index (χ2v) is 5.16. The lowest BCUT2D eigenvalue weighted by molar-refractivity contribution is -0.384.